The molecule has 0 atom stereocenters. The largest absolute Gasteiger partial charge is 0.441 e. The Morgan fingerprint density at radius 2 is 2.08 bits per heavy atom. The van der Waals surface area contributed by atoms with Gasteiger partial charge in [-0.05, 0) is 18.6 Å². The summed E-state index contributed by atoms with van der Waals surface area (Å²) >= 11 is 0. The van der Waals surface area contributed by atoms with Gasteiger partial charge < -0.3 is 12.8 Å². The minimum atomic E-state index is -1.56. The average molecular weight is 184 g/mol. The molecule has 0 aliphatic rings. The fourth-order valence-electron chi connectivity index (χ4n) is 0.783. The van der Waals surface area contributed by atoms with Crippen molar-refractivity contribution in [2.24, 2.45) is 4.36 Å². The van der Waals surface area contributed by atoms with Crippen LogP contribution in [0.3, 0.4) is 0 Å². The van der Waals surface area contributed by atoms with Crippen molar-refractivity contribution in [3.05, 3.63) is 29.8 Å². The first-order valence-corrected chi connectivity index (χ1v) is 4.51. The lowest BCUT2D eigenvalue weighted by Gasteiger charge is -2.03. The first-order valence-electron chi connectivity index (χ1n) is 3.48. The molecule has 4 heteroatoms. The molecule has 0 radical (unpaired) electrons. The Morgan fingerprint density at radius 3 is 2.67 bits per heavy atom. The zero-order chi connectivity index (χ0) is 8.97. The van der Waals surface area contributed by atoms with E-state index >= 15 is 0 Å². The van der Waals surface area contributed by atoms with Gasteiger partial charge in [-0.15, -0.1) is 0 Å². The van der Waals surface area contributed by atoms with Crippen LogP contribution in [-0.4, -0.2) is 7.11 Å². The second kappa shape index (κ2) is 4.23. The van der Waals surface area contributed by atoms with Gasteiger partial charge in [0.25, 0.3) is 0 Å². The molecule has 0 saturated carbocycles. The standard InChI is InChI=1S/C8H10NO2S/c1-7-5-3-4-6-8(7)9-12(10)11-2/h3-6H,1-2H3/q-1. The third-order valence-corrected chi connectivity index (χ3v) is 2.06. The second-order valence-corrected chi connectivity index (χ2v) is 3.21. The number of aryl methyl sites for hydroxylation is 1. The topological polar surface area (TPSA) is 38.7 Å². The second-order valence-electron chi connectivity index (χ2n) is 2.26. The summed E-state index contributed by atoms with van der Waals surface area (Å²) in [4.78, 5) is 0. The van der Waals surface area contributed by atoms with Crippen LogP contribution in [0.1, 0.15) is 5.56 Å². The lowest BCUT2D eigenvalue weighted by Crippen LogP contribution is -1.77. The summed E-state index contributed by atoms with van der Waals surface area (Å²) in [5.41, 5.74) is 1.69. The van der Waals surface area contributed by atoms with Crippen LogP contribution in [0.4, 0.5) is 5.69 Å². The molecule has 0 fully saturated rings. The van der Waals surface area contributed by atoms with Crippen LogP contribution in [0.2, 0.25) is 0 Å². The van der Waals surface area contributed by atoms with Gasteiger partial charge in [0, 0.05) is 12.8 Å². The van der Waals surface area contributed by atoms with E-state index in [1.165, 1.54) is 7.11 Å². The zero-order valence-electron chi connectivity index (χ0n) is 6.98. The van der Waals surface area contributed by atoms with Crippen molar-refractivity contribution < 1.29 is 8.39 Å². The van der Waals surface area contributed by atoms with Gasteiger partial charge in [0.15, 0.2) is 0 Å². The predicted octanol–water partition coefficient (Wildman–Crippen LogP) is 2.34. The molecule has 0 bridgehead atoms. The van der Waals surface area contributed by atoms with Crippen molar-refractivity contribution in [1.82, 2.24) is 0 Å². The molecule has 0 spiro atoms. The van der Waals surface area contributed by atoms with Crippen molar-refractivity contribution in [2.75, 3.05) is 7.11 Å². The van der Waals surface area contributed by atoms with Crippen LogP contribution in [0.15, 0.2) is 28.6 Å². The first-order chi connectivity index (χ1) is 5.74. The zero-order valence-corrected chi connectivity index (χ0v) is 7.80. The number of benzene rings is 1. The Hall–Kier alpha value is -0.870. The van der Waals surface area contributed by atoms with E-state index in [2.05, 4.69) is 8.55 Å². The molecule has 0 aliphatic carbocycles. The smallest absolute Gasteiger partial charge is 0.0413 e. The summed E-state index contributed by atoms with van der Waals surface area (Å²) in [6.07, 6.45) is 0. The Labute approximate surface area is 73.8 Å². The Morgan fingerprint density at radius 1 is 1.42 bits per heavy atom. The molecule has 0 aliphatic heterocycles. The summed E-state index contributed by atoms with van der Waals surface area (Å²) in [6, 6.07) is 7.46. The predicted molar refractivity (Wildman–Crippen MR) is 48.3 cm³/mol. The first kappa shape index (κ1) is 9.22. The highest BCUT2D eigenvalue weighted by molar-refractivity contribution is 7.69. The van der Waals surface area contributed by atoms with E-state index < -0.39 is 10.9 Å². The molecule has 0 aromatic heterocycles. The SMILES string of the molecule is CO[S-](=O)=Nc1ccccc1C. The molecule has 66 valence electrons. The maximum atomic E-state index is 10.9. The van der Waals surface area contributed by atoms with E-state index in [0.29, 0.717) is 5.69 Å². The molecule has 3 nitrogen and oxygen atoms in total. The lowest BCUT2D eigenvalue weighted by atomic mass is 10.2. The fraction of sp³-hybridized carbons (Fsp3) is 0.250. The molecule has 12 heavy (non-hydrogen) atoms. The van der Waals surface area contributed by atoms with Gasteiger partial charge in [-0.25, -0.2) is 0 Å². The monoisotopic (exact) mass is 184 g/mol. The highest BCUT2D eigenvalue weighted by Gasteiger charge is 1.88. The van der Waals surface area contributed by atoms with Crippen LogP contribution < -0.4 is 0 Å². The van der Waals surface area contributed by atoms with Crippen LogP contribution in [0, 0.1) is 6.92 Å². The molecule has 0 N–H and O–H groups in total. The van der Waals surface area contributed by atoms with Crippen molar-refractivity contribution in [1.29, 1.82) is 0 Å². The Balaban J connectivity index is 3.05. The fourth-order valence-corrected chi connectivity index (χ4v) is 1.22. The molecule has 0 amide bonds. The summed E-state index contributed by atoms with van der Waals surface area (Å²) in [7, 11) is -0.204. The molecule has 0 unspecified atom stereocenters. The van der Waals surface area contributed by atoms with Gasteiger partial charge in [-0.2, -0.15) is 0 Å². The highest BCUT2D eigenvalue weighted by atomic mass is 32.2. The average Bonchev–Trinajstić information content (AvgIpc) is 2.09. The van der Waals surface area contributed by atoms with Crippen LogP contribution in [0.25, 0.3) is 0 Å². The van der Waals surface area contributed by atoms with E-state index in [0.717, 1.165) is 5.56 Å². The quantitative estimate of drug-likeness (QED) is 0.662. The summed E-state index contributed by atoms with van der Waals surface area (Å²) in [5, 5.41) is 0. The van der Waals surface area contributed by atoms with Crippen molar-refractivity contribution >= 4 is 16.6 Å². The van der Waals surface area contributed by atoms with E-state index in [4.69, 9.17) is 0 Å². The van der Waals surface area contributed by atoms with E-state index in [9.17, 15) is 4.21 Å². The Kier molecular flexibility index (Phi) is 3.25. The maximum absolute atomic E-state index is 10.9. The molecule has 1 rings (SSSR count). The van der Waals surface area contributed by atoms with Crippen LogP contribution in [-0.2, 0) is 19.3 Å². The third-order valence-electron chi connectivity index (χ3n) is 1.43. The van der Waals surface area contributed by atoms with Gasteiger partial charge >= 0.3 is 0 Å². The minimum Gasteiger partial charge on any atom is -0.441 e. The number of nitrogens with zero attached hydrogens (tertiary/aromatic N) is 1. The Bertz CT molecular complexity index is 343. The minimum absolute atomic E-state index is 0.706. The molecular weight excluding hydrogens is 174 g/mol. The van der Waals surface area contributed by atoms with Gasteiger partial charge in [-0.3, -0.25) is 0 Å². The molecule has 0 saturated heterocycles. The van der Waals surface area contributed by atoms with E-state index in [-0.39, 0.29) is 0 Å². The number of hydrogen-bond donors (Lipinski definition) is 0. The summed E-state index contributed by atoms with van der Waals surface area (Å²) in [5.74, 6) is 0. The van der Waals surface area contributed by atoms with Gasteiger partial charge in [0.05, 0.1) is 0 Å². The normalized spacial score (nSPS) is 13.2. The van der Waals surface area contributed by atoms with Crippen molar-refractivity contribution in [3.63, 3.8) is 0 Å². The maximum Gasteiger partial charge on any atom is 0.0413 e. The van der Waals surface area contributed by atoms with E-state index in [1.54, 1.807) is 6.07 Å². The van der Waals surface area contributed by atoms with Gasteiger partial charge in [0.2, 0.25) is 0 Å². The molecule has 1 aromatic rings. The number of rotatable bonds is 2. The molecule has 1 aromatic carbocycles. The van der Waals surface area contributed by atoms with Crippen molar-refractivity contribution in [2.45, 2.75) is 6.92 Å². The van der Waals surface area contributed by atoms with Crippen molar-refractivity contribution in [3.8, 4) is 0 Å². The van der Waals surface area contributed by atoms with Crippen LogP contribution in [0.5, 0.6) is 0 Å². The lowest BCUT2D eigenvalue weighted by molar-refractivity contribution is 0.438. The third kappa shape index (κ3) is 2.32. The molecule has 0 heterocycles. The summed E-state index contributed by atoms with van der Waals surface area (Å²) < 4.78 is 19.2. The summed E-state index contributed by atoms with van der Waals surface area (Å²) in [6.45, 7) is 1.91. The number of hydrogen-bond acceptors (Lipinski definition) is 4. The molecular formula is C8H10NO2S-. The van der Waals surface area contributed by atoms with Gasteiger partial charge in [-0.1, -0.05) is 29.1 Å². The van der Waals surface area contributed by atoms with Crippen LogP contribution >= 0.6 is 0 Å². The highest BCUT2D eigenvalue weighted by Crippen LogP contribution is 2.17. The van der Waals surface area contributed by atoms with Gasteiger partial charge in [0.1, 0.15) is 0 Å². The van der Waals surface area contributed by atoms with E-state index in [1.807, 2.05) is 25.1 Å².